The van der Waals surface area contributed by atoms with E-state index in [4.69, 9.17) is 11.6 Å². The largest absolute Gasteiger partial charge is 0.305 e. The van der Waals surface area contributed by atoms with Crippen LogP contribution in [0.15, 0.2) is 45.5 Å². The smallest absolute Gasteiger partial charge is 0.0684 e. The summed E-state index contributed by atoms with van der Waals surface area (Å²) < 4.78 is 1.96. The zero-order valence-corrected chi connectivity index (χ0v) is 14.3. The van der Waals surface area contributed by atoms with Crippen LogP contribution in [-0.4, -0.2) is 4.98 Å². The Balaban J connectivity index is 2.02. The fourth-order valence-electron chi connectivity index (χ4n) is 1.72. The molecular formula is C14H13Br2ClN2. The second kappa shape index (κ2) is 6.84. The standard InChI is InChI=1S/C14H13Br2ClN2/c1-9(10-3-2-4-12(17)5-10)18-8-14-13(16)6-11(15)7-19-14/h2-7,9,18H,8H2,1H3/t9-/m1/s1. The van der Waals surface area contributed by atoms with Gasteiger partial charge in [-0.15, -0.1) is 0 Å². The molecule has 1 aromatic carbocycles. The fourth-order valence-corrected chi connectivity index (χ4v) is 3.04. The second-order valence-electron chi connectivity index (χ2n) is 4.24. The van der Waals surface area contributed by atoms with Crippen LogP contribution in [0.25, 0.3) is 0 Å². The number of hydrogen-bond donors (Lipinski definition) is 1. The summed E-state index contributed by atoms with van der Waals surface area (Å²) in [5.74, 6) is 0. The minimum Gasteiger partial charge on any atom is -0.305 e. The van der Waals surface area contributed by atoms with Gasteiger partial charge in [0.2, 0.25) is 0 Å². The molecule has 0 saturated carbocycles. The van der Waals surface area contributed by atoms with Crippen molar-refractivity contribution in [3.63, 3.8) is 0 Å². The van der Waals surface area contributed by atoms with E-state index in [-0.39, 0.29) is 6.04 Å². The average Bonchev–Trinajstić information content (AvgIpc) is 2.37. The molecule has 2 nitrogen and oxygen atoms in total. The van der Waals surface area contributed by atoms with E-state index in [1.54, 1.807) is 6.20 Å². The molecule has 0 amide bonds. The maximum absolute atomic E-state index is 6.00. The highest BCUT2D eigenvalue weighted by atomic mass is 79.9. The molecule has 1 N–H and O–H groups in total. The van der Waals surface area contributed by atoms with Gasteiger partial charge in [-0.25, -0.2) is 0 Å². The van der Waals surface area contributed by atoms with E-state index in [1.807, 2.05) is 24.3 Å². The number of nitrogens with one attached hydrogen (secondary N) is 1. The number of pyridine rings is 1. The van der Waals surface area contributed by atoms with Gasteiger partial charge in [-0.3, -0.25) is 4.98 Å². The Bertz CT molecular complexity index is 575. The zero-order valence-electron chi connectivity index (χ0n) is 10.3. The Labute approximate surface area is 134 Å². The topological polar surface area (TPSA) is 24.9 Å². The Morgan fingerprint density at radius 2 is 2.11 bits per heavy atom. The quantitative estimate of drug-likeness (QED) is 0.766. The lowest BCUT2D eigenvalue weighted by molar-refractivity contribution is 0.566. The molecule has 2 rings (SSSR count). The maximum Gasteiger partial charge on any atom is 0.0684 e. The summed E-state index contributed by atoms with van der Waals surface area (Å²) in [5, 5.41) is 4.19. The minimum absolute atomic E-state index is 0.219. The van der Waals surface area contributed by atoms with Gasteiger partial charge in [-0.1, -0.05) is 23.7 Å². The molecule has 0 unspecified atom stereocenters. The molecule has 100 valence electrons. The summed E-state index contributed by atoms with van der Waals surface area (Å²) in [5.41, 5.74) is 2.15. The molecule has 19 heavy (non-hydrogen) atoms. The summed E-state index contributed by atoms with van der Waals surface area (Å²) in [4.78, 5) is 4.38. The second-order valence-corrected chi connectivity index (χ2v) is 6.45. The van der Waals surface area contributed by atoms with Crippen LogP contribution in [0, 0.1) is 0 Å². The van der Waals surface area contributed by atoms with Crippen molar-refractivity contribution >= 4 is 43.5 Å². The number of nitrogens with zero attached hydrogens (tertiary/aromatic N) is 1. The van der Waals surface area contributed by atoms with Gasteiger partial charge < -0.3 is 5.32 Å². The Kier molecular flexibility index (Phi) is 5.39. The average molecular weight is 405 g/mol. The highest BCUT2D eigenvalue weighted by Gasteiger charge is 2.07. The third-order valence-corrected chi connectivity index (χ3v) is 4.16. The van der Waals surface area contributed by atoms with Gasteiger partial charge in [-0.05, 0) is 62.5 Å². The van der Waals surface area contributed by atoms with Crippen LogP contribution in [-0.2, 0) is 6.54 Å². The van der Waals surface area contributed by atoms with Crippen LogP contribution in [0.5, 0.6) is 0 Å². The Morgan fingerprint density at radius 3 is 2.79 bits per heavy atom. The van der Waals surface area contributed by atoms with Gasteiger partial charge in [-0.2, -0.15) is 0 Å². The van der Waals surface area contributed by atoms with Crippen LogP contribution in [0.3, 0.4) is 0 Å². The molecule has 0 aliphatic carbocycles. The molecule has 1 atom stereocenters. The minimum atomic E-state index is 0.219. The summed E-state index contributed by atoms with van der Waals surface area (Å²) in [6, 6.07) is 10.1. The first-order valence-corrected chi connectivity index (χ1v) is 7.81. The third kappa shape index (κ3) is 4.28. The van der Waals surface area contributed by atoms with Crippen molar-refractivity contribution in [2.45, 2.75) is 19.5 Å². The lowest BCUT2D eigenvalue weighted by Gasteiger charge is -2.15. The number of rotatable bonds is 4. The van der Waals surface area contributed by atoms with E-state index in [0.717, 1.165) is 19.7 Å². The first kappa shape index (κ1) is 15.0. The molecule has 1 aromatic heterocycles. The van der Waals surface area contributed by atoms with Crippen molar-refractivity contribution in [1.82, 2.24) is 10.3 Å². The first-order valence-electron chi connectivity index (χ1n) is 5.85. The third-order valence-electron chi connectivity index (χ3n) is 2.81. The fraction of sp³-hybridized carbons (Fsp3) is 0.214. The van der Waals surface area contributed by atoms with Crippen molar-refractivity contribution in [2.75, 3.05) is 0 Å². The molecule has 5 heteroatoms. The van der Waals surface area contributed by atoms with Gasteiger partial charge >= 0.3 is 0 Å². The number of benzene rings is 1. The predicted molar refractivity (Wildman–Crippen MR) is 86.3 cm³/mol. The normalized spacial score (nSPS) is 12.4. The molecule has 0 aliphatic heterocycles. The summed E-state index contributed by atoms with van der Waals surface area (Å²) in [7, 11) is 0. The van der Waals surface area contributed by atoms with Gasteiger partial charge in [0, 0.05) is 32.8 Å². The molecule has 0 aliphatic rings. The SMILES string of the molecule is C[C@@H](NCc1ncc(Br)cc1Br)c1cccc(Cl)c1. The van der Waals surface area contributed by atoms with Crippen LogP contribution in [0.4, 0.5) is 0 Å². The summed E-state index contributed by atoms with van der Waals surface area (Å²) in [6.45, 7) is 2.81. The van der Waals surface area contributed by atoms with Gasteiger partial charge in [0.15, 0.2) is 0 Å². The van der Waals surface area contributed by atoms with E-state index in [1.165, 1.54) is 5.56 Å². The monoisotopic (exact) mass is 402 g/mol. The molecule has 2 aromatic rings. The number of aromatic nitrogens is 1. The van der Waals surface area contributed by atoms with Crippen molar-refractivity contribution in [1.29, 1.82) is 0 Å². The lowest BCUT2D eigenvalue weighted by Crippen LogP contribution is -2.19. The van der Waals surface area contributed by atoms with Crippen molar-refractivity contribution < 1.29 is 0 Å². The van der Waals surface area contributed by atoms with E-state index >= 15 is 0 Å². The Morgan fingerprint density at radius 1 is 1.32 bits per heavy atom. The van der Waals surface area contributed by atoms with E-state index in [0.29, 0.717) is 6.54 Å². The summed E-state index contributed by atoms with van der Waals surface area (Å²) >= 11 is 12.9. The van der Waals surface area contributed by atoms with Crippen LogP contribution in [0.2, 0.25) is 5.02 Å². The highest BCUT2D eigenvalue weighted by Crippen LogP contribution is 2.21. The zero-order chi connectivity index (χ0) is 13.8. The Hall–Kier alpha value is -0.420. The lowest BCUT2D eigenvalue weighted by atomic mass is 10.1. The number of halogens is 3. The van der Waals surface area contributed by atoms with Gasteiger partial charge in [0.1, 0.15) is 0 Å². The molecule has 0 spiro atoms. The maximum atomic E-state index is 6.00. The molecule has 0 saturated heterocycles. The van der Waals surface area contributed by atoms with E-state index in [2.05, 4.69) is 55.2 Å². The summed E-state index contributed by atoms with van der Waals surface area (Å²) in [6.07, 6.45) is 1.80. The van der Waals surface area contributed by atoms with Gasteiger partial charge in [0.25, 0.3) is 0 Å². The van der Waals surface area contributed by atoms with Crippen LogP contribution < -0.4 is 5.32 Å². The van der Waals surface area contributed by atoms with E-state index in [9.17, 15) is 0 Å². The van der Waals surface area contributed by atoms with Crippen LogP contribution in [0.1, 0.15) is 24.2 Å². The molecule has 0 bridgehead atoms. The number of hydrogen-bond acceptors (Lipinski definition) is 2. The first-order chi connectivity index (χ1) is 9.06. The highest BCUT2D eigenvalue weighted by molar-refractivity contribution is 9.11. The van der Waals surface area contributed by atoms with Crippen LogP contribution >= 0.6 is 43.5 Å². The molecule has 1 heterocycles. The van der Waals surface area contributed by atoms with E-state index < -0.39 is 0 Å². The van der Waals surface area contributed by atoms with Crippen molar-refractivity contribution in [2.24, 2.45) is 0 Å². The molecule has 0 fully saturated rings. The van der Waals surface area contributed by atoms with Gasteiger partial charge in [0.05, 0.1) is 5.69 Å². The van der Waals surface area contributed by atoms with Crippen molar-refractivity contribution in [3.8, 4) is 0 Å². The predicted octanol–water partition coefficient (Wildman–Crippen LogP) is 5.11. The molecular weight excluding hydrogens is 391 g/mol. The van der Waals surface area contributed by atoms with Crippen molar-refractivity contribution in [3.05, 3.63) is 61.8 Å². The molecule has 0 radical (unpaired) electrons.